The summed E-state index contributed by atoms with van der Waals surface area (Å²) in [6.07, 6.45) is 0. The number of hydrogen-bond acceptors (Lipinski definition) is 4. The lowest BCUT2D eigenvalue weighted by molar-refractivity contribution is 0.346. The minimum atomic E-state index is -0.506. The maximum atomic E-state index is 14.3. The van der Waals surface area contributed by atoms with Crippen molar-refractivity contribution in [3.05, 3.63) is 105 Å². The standard InChI is InChI=1S/C26H24F2N4O/c1-3-32(2)14-15-4-6-16(7-5-15)22-24(17-8-10-18(27)11-9-17)29-21-13-19(28)12-20-23(21)25(22)30-31-26(20)33/h4-13,22,24,29H,3,14H2,1-2H3,(H,31,33)/t22-,24-/m0/s1. The van der Waals surface area contributed by atoms with Gasteiger partial charge in [-0.15, -0.1) is 0 Å². The molecule has 0 fully saturated rings. The smallest absolute Gasteiger partial charge is 0.272 e. The molecule has 2 atom stereocenters. The molecule has 0 aliphatic carbocycles. The summed E-state index contributed by atoms with van der Waals surface area (Å²) in [6.45, 7) is 3.90. The summed E-state index contributed by atoms with van der Waals surface area (Å²) in [5.41, 5.74) is 3.75. The van der Waals surface area contributed by atoms with Crippen LogP contribution >= 0.6 is 0 Å². The van der Waals surface area contributed by atoms with E-state index < -0.39 is 11.4 Å². The summed E-state index contributed by atoms with van der Waals surface area (Å²) >= 11 is 0. The second kappa shape index (κ2) is 8.41. The quantitative estimate of drug-likeness (QED) is 0.455. The Kier molecular flexibility index (Phi) is 5.42. The van der Waals surface area contributed by atoms with E-state index in [0.717, 1.165) is 24.2 Å². The molecule has 1 aromatic heterocycles. The second-order valence-corrected chi connectivity index (χ2v) is 8.54. The van der Waals surface area contributed by atoms with Crippen LogP contribution in [0.5, 0.6) is 0 Å². The van der Waals surface area contributed by atoms with Gasteiger partial charge in [-0.2, -0.15) is 5.10 Å². The van der Waals surface area contributed by atoms with Crippen molar-refractivity contribution in [1.82, 2.24) is 15.1 Å². The number of halogens is 2. The fraction of sp³-hybridized carbons (Fsp3) is 0.231. The van der Waals surface area contributed by atoms with Crippen molar-refractivity contribution in [2.75, 3.05) is 18.9 Å². The molecule has 0 spiro atoms. The Balaban J connectivity index is 1.68. The molecule has 4 aromatic rings. The zero-order valence-electron chi connectivity index (χ0n) is 18.4. The van der Waals surface area contributed by atoms with Crippen molar-refractivity contribution in [2.24, 2.45) is 0 Å². The molecule has 0 saturated carbocycles. The molecule has 5 rings (SSSR count). The minimum Gasteiger partial charge on any atom is -0.377 e. The van der Waals surface area contributed by atoms with Crippen LogP contribution < -0.4 is 10.9 Å². The van der Waals surface area contributed by atoms with Crippen LogP contribution in [0, 0.1) is 11.6 Å². The van der Waals surface area contributed by atoms with Crippen LogP contribution in [0.1, 0.15) is 41.3 Å². The van der Waals surface area contributed by atoms with Crippen LogP contribution in [0.3, 0.4) is 0 Å². The number of aromatic nitrogens is 2. The Morgan fingerprint density at radius 2 is 1.67 bits per heavy atom. The van der Waals surface area contributed by atoms with Gasteiger partial charge >= 0.3 is 0 Å². The van der Waals surface area contributed by atoms with E-state index in [4.69, 9.17) is 0 Å². The first-order chi connectivity index (χ1) is 15.9. The zero-order valence-corrected chi connectivity index (χ0v) is 18.4. The number of rotatable bonds is 5. The van der Waals surface area contributed by atoms with Gasteiger partial charge in [0.25, 0.3) is 5.56 Å². The summed E-state index contributed by atoms with van der Waals surface area (Å²) in [4.78, 5) is 14.6. The van der Waals surface area contributed by atoms with Gasteiger partial charge in [-0.1, -0.05) is 43.3 Å². The lowest BCUT2D eigenvalue weighted by Gasteiger charge is -2.35. The average Bonchev–Trinajstić information content (AvgIpc) is 2.81. The summed E-state index contributed by atoms with van der Waals surface area (Å²) in [7, 11) is 2.07. The van der Waals surface area contributed by atoms with E-state index in [1.165, 1.54) is 29.8 Å². The highest BCUT2D eigenvalue weighted by molar-refractivity contribution is 5.97. The Bertz CT molecular complexity index is 1370. The van der Waals surface area contributed by atoms with Gasteiger partial charge < -0.3 is 10.2 Å². The van der Waals surface area contributed by atoms with Crippen molar-refractivity contribution < 1.29 is 8.78 Å². The van der Waals surface area contributed by atoms with Gasteiger partial charge in [-0.05, 0) is 54.5 Å². The molecule has 0 radical (unpaired) electrons. The number of hydrogen-bond donors (Lipinski definition) is 2. The van der Waals surface area contributed by atoms with Crippen LogP contribution in [-0.2, 0) is 6.54 Å². The highest BCUT2D eigenvalue weighted by Crippen LogP contribution is 2.46. The number of benzene rings is 3. The monoisotopic (exact) mass is 446 g/mol. The van der Waals surface area contributed by atoms with Crippen molar-refractivity contribution in [1.29, 1.82) is 0 Å². The first kappa shape index (κ1) is 21.3. The molecule has 1 aliphatic rings. The van der Waals surface area contributed by atoms with E-state index in [1.54, 1.807) is 12.1 Å². The van der Waals surface area contributed by atoms with Crippen LogP contribution in [0.25, 0.3) is 10.8 Å². The summed E-state index contributed by atoms with van der Waals surface area (Å²) in [5, 5.41) is 11.2. The van der Waals surface area contributed by atoms with Gasteiger partial charge in [0.15, 0.2) is 0 Å². The average molecular weight is 447 g/mol. The minimum absolute atomic E-state index is 0.256. The predicted octanol–water partition coefficient (Wildman–Crippen LogP) is 4.95. The number of anilines is 1. The summed E-state index contributed by atoms with van der Waals surface area (Å²) in [5.74, 6) is -1.11. The molecular weight excluding hydrogens is 422 g/mol. The maximum Gasteiger partial charge on any atom is 0.272 e. The van der Waals surface area contributed by atoms with E-state index in [9.17, 15) is 13.6 Å². The van der Waals surface area contributed by atoms with E-state index in [2.05, 4.69) is 58.7 Å². The van der Waals surface area contributed by atoms with Gasteiger partial charge in [0.05, 0.1) is 23.0 Å². The maximum absolute atomic E-state index is 14.3. The molecule has 1 aliphatic heterocycles. The number of H-pyrrole nitrogens is 1. The largest absolute Gasteiger partial charge is 0.377 e. The van der Waals surface area contributed by atoms with E-state index >= 15 is 0 Å². The Labute approximate surface area is 190 Å². The van der Waals surface area contributed by atoms with Crippen LogP contribution in [0.2, 0.25) is 0 Å². The molecule has 33 heavy (non-hydrogen) atoms. The van der Waals surface area contributed by atoms with E-state index in [0.29, 0.717) is 16.8 Å². The topological polar surface area (TPSA) is 61.0 Å². The van der Waals surface area contributed by atoms with Gasteiger partial charge in [-0.25, -0.2) is 13.9 Å². The van der Waals surface area contributed by atoms with Crippen LogP contribution in [0.15, 0.2) is 65.5 Å². The predicted molar refractivity (Wildman–Crippen MR) is 125 cm³/mol. The normalized spacial score (nSPS) is 17.4. The lowest BCUT2D eigenvalue weighted by atomic mass is 9.80. The molecule has 3 aromatic carbocycles. The first-order valence-electron chi connectivity index (χ1n) is 11.0. The van der Waals surface area contributed by atoms with Gasteiger partial charge in [0.2, 0.25) is 0 Å². The van der Waals surface area contributed by atoms with E-state index in [1.807, 2.05) is 0 Å². The van der Waals surface area contributed by atoms with Crippen molar-refractivity contribution in [2.45, 2.75) is 25.4 Å². The molecular formula is C26H24F2N4O. The van der Waals surface area contributed by atoms with Crippen molar-refractivity contribution in [3.63, 3.8) is 0 Å². The zero-order chi connectivity index (χ0) is 23.1. The summed E-state index contributed by atoms with van der Waals surface area (Å²) in [6, 6.07) is 16.9. The Hall–Kier alpha value is -3.58. The van der Waals surface area contributed by atoms with Gasteiger partial charge in [0, 0.05) is 17.6 Å². The molecule has 0 amide bonds. The third-order valence-electron chi connectivity index (χ3n) is 6.38. The third kappa shape index (κ3) is 3.89. The highest BCUT2D eigenvalue weighted by Gasteiger charge is 2.35. The molecule has 5 nitrogen and oxygen atoms in total. The molecule has 2 N–H and O–H groups in total. The Morgan fingerprint density at radius 3 is 2.36 bits per heavy atom. The fourth-order valence-corrected chi connectivity index (χ4v) is 4.59. The number of aromatic amines is 1. The molecule has 168 valence electrons. The van der Waals surface area contributed by atoms with Crippen molar-refractivity contribution in [3.8, 4) is 0 Å². The first-order valence-corrected chi connectivity index (χ1v) is 11.0. The SMILES string of the molecule is CCN(C)Cc1ccc([C@@H]2c3n[nH]c(=O)c4cc(F)cc(c34)N[C@H]2c2ccc(F)cc2)cc1. The van der Waals surface area contributed by atoms with Gasteiger partial charge in [-0.3, -0.25) is 4.79 Å². The molecule has 0 bridgehead atoms. The van der Waals surface area contributed by atoms with Crippen LogP contribution in [-0.4, -0.2) is 28.7 Å². The molecule has 0 unspecified atom stereocenters. The third-order valence-corrected chi connectivity index (χ3v) is 6.38. The van der Waals surface area contributed by atoms with Gasteiger partial charge in [0.1, 0.15) is 11.6 Å². The highest BCUT2D eigenvalue weighted by atomic mass is 19.1. The Morgan fingerprint density at radius 1 is 0.970 bits per heavy atom. The molecule has 2 heterocycles. The number of nitrogens with one attached hydrogen (secondary N) is 2. The number of nitrogens with zero attached hydrogens (tertiary/aromatic N) is 2. The lowest BCUT2D eigenvalue weighted by Crippen LogP contribution is -2.28. The fourth-order valence-electron chi connectivity index (χ4n) is 4.59. The second-order valence-electron chi connectivity index (χ2n) is 8.54. The summed E-state index contributed by atoms with van der Waals surface area (Å²) < 4.78 is 28.0. The molecule has 0 saturated heterocycles. The molecule has 7 heteroatoms. The van der Waals surface area contributed by atoms with E-state index in [-0.39, 0.29) is 23.2 Å². The van der Waals surface area contributed by atoms with Crippen molar-refractivity contribution >= 4 is 16.5 Å². The van der Waals surface area contributed by atoms with Crippen LogP contribution in [0.4, 0.5) is 14.5 Å².